The molecule has 1 saturated carbocycles. The quantitative estimate of drug-likeness (QED) is 0.457. The van der Waals surface area contributed by atoms with Crippen LogP contribution in [0.4, 0.5) is 18.3 Å². The van der Waals surface area contributed by atoms with E-state index in [0.717, 1.165) is 56.9 Å². The molecule has 0 spiro atoms. The maximum atomic E-state index is 13.6. The summed E-state index contributed by atoms with van der Waals surface area (Å²) in [5, 5.41) is 4.64. The highest BCUT2D eigenvalue weighted by Crippen LogP contribution is 2.37. The van der Waals surface area contributed by atoms with Gasteiger partial charge in [-0.15, -0.1) is 11.3 Å². The highest BCUT2D eigenvalue weighted by atomic mass is 32.2. The van der Waals surface area contributed by atoms with E-state index in [1.165, 1.54) is 23.6 Å². The Labute approximate surface area is 183 Å². The maximum absolute atomic E-state index is 13.6. The van der Waals surface area contributed by atoms with Crippen molar-refractivity contribution in [3.8, 4) is 0 Å². The Hall–Kier alpha value is -2.20. The van der Waals surface area contributed by atoms with Crippen molar-refractivity contribution in [2.45, 2.75) is 49.6 Å². The predicted octanol–water partition coefficient (Wildman–Crippen LogP) is 5.56. The van der Waals surface area contributed by atoms with E-state index in [-0.39, 0.29) is 17.1 Å². The highest BCUT2D eigenvalue weighted by Gasteiger charge is 2.37. The molecule has 168 valence electrons. The second kappa shape index (κ2) is 9.52. The Balaban J connectivity index is 2.08. The van der Waals surface area contributed by atoms with Crippen LogP contribution in [0.2, 0.25) is 0 Å². The van der Waals surface area contributed by atoms with Gasteiger partial charge in [-0.2, -0.15) is 13.2 Å². The molecule has 1 heterocycles. The zero-order valence-electron chi connectivity index (χ0n) is 16.9. The fourth-order valence-corrected chi connectivity index (χ4v) is 5.12. The molecule has 0 saturated heterocycles. The summed E-state index contributed by atoms with van der Waals surface area (Å²) in [6.45, 7) is 0. The molecule has 5 nitrogen and oxygen atoms in total. The normalized spacial score (nSPS) is 16.7. The van der Waals surface area contributed by atoms with Crippen molar-refractivity contribution in [1.29, 1.82) is 0 Å². The van der Waals surface area contributed by atoms with Crippen LogP contribution in [0.3, 0.4) is 0 Å². The SMILES string of the molecule is CS(=O)(=O)c1ccc(C(=CC2CCCCCC2)C(=O)Nc2nccs2)cc1C(F)(F)F. The van der Waals surface area contributed by atoms with E-state index in [9.17, 15) is 26.4 Å². The molecule has 1 aliphatic carbocycles. The maximum Gasteiger partial charge on any atom is 0.417 e. The molecule has 1 aromatic carbocycles. The molecule has 1 aliphatic rings. The lowest BCUT2D eigenvalue weighted by atomic mass is 9.93. The molecular weight excluding hydrogens is 449 g/mol. The van der Waals surface area contributed by atoms with Crippen LogP contribution in [0.15, 0.2) is 40.7 Å². The molecule has 0 aliphatic heterocycles. The van der Waals surface area contributed by atoms with Gasteiger partial charge in [0.1, 0.15) is 0 Å². The van der Waals surface area contributed by atoms with Gasteiger partial charge in [-0.1, -0.05) is 37.8 Å². The molecule has 31 heavy (non-hydrogen) atoms. The van der Waals surface area contributed by atoms with Crippen molar-refractivity contribution in [2.24, 2.45) is 5.92 Å². The number of sulfone groups is 1. The van der Waals surface area contributed by atoms with Crippen LogP contribution in [0.25, 0.3) is 5.57 Å². The van der Waals surface area contributed by atoms with Crippen molar-refractivity contribution in [2.75, 3.05) is 11.6 Å². The Morgan fingerprint density at radius 1 is 1.19 bits per heavy atom. The van der Waals surface area contributed by atoms with E-state index < -0.39 is 32.4 Å². The number of nitrogens with one attached hydrogen (secondary N) is 1. The van der Waals surface area contributed by atoms with Gasteiger partial charge in [-0.25, -0.2) is 13.4 Å². The number of anilines is 1. The molecule has 0 radical (unpaired) electrons. The molecule has 0 bridgehead atoms. The summed E-state index contributed by atoms with van der Waals surface area (Å²) < 4.78 is 64.7. The summed E-state index contributed by atoms with van der Waals surface area (Å²) in [5.74, 6) is -0.511. The molecule has 2 aromatic rings. The summed E-state index contributed by atoms with van der Waals surface area (Å²) in [5.41, 5.74) is -1.16. The number of nitrogens with zero attached hydrogens (tertiary/aromatic N) is 1. The average molecular weight is 473 g/mol. The van der Waals surface area contributed by atoms with Crippen molar-refractivity contribution in [1.82, 2.24) is 4.98 Å². The third-order valence-electron chi connectivity index (χ3n) is 5.20. The zero-order chi connectivity index (χ0) is 22.6. The molecule has 1 N–H and O–H groups in total. The van der Waals surface area contributed by atoms with Crippen molar-refractivity contribution in [3.05, 3.63) is 47.0 Å². The van der Waals surface area contributed by atoms with Gasteiger partial charge in [0.2, 0.25) is 0 Å². The Bertz CT molecular complexity index is 1050. The number of carbonyl (C=O) groups is 1. The van der Waals surface area contributed by atoms with Gasteiger partial charge in [0.15, 0.2) is 15.0 Å². The molecule has 3 rings (SSSR count). The van der Waals surface area contributed by atoms with Crippen LogP contribution in [-0.2, 0) is 20.8 Å². The van der Waals surface area contributed by atoms with E-state index in [1.807, 2.05) is 0 Å². The number of halogens is 3. The number of amides is 1. The number of alkyl halides is 3. The topological polar surface area (TPSA) is 76.1 Å². The molecule has 1 amide bonds. The molecule has 0 atom stereocenters. The third-order valence-corrected chi connectivity index (χ3v) is 7.04. The summed E-state index contributed by atoms with van der Waals surface area (Å²) in [6.07, 6.45) is 4.94. The van der Waals surface area contributed by atoms with Gasteiger partial charge < -0.3 is 0 Å². The smallest absolute Gasteiger partial charge is 0.298 e. The van der Waals surface area contributed by atoms with Gasteiger partial charge in [-0.3, -0.25) is 10.1 Å². The Kier molecular flexibility index (Phi) is 7.20. The van der Waals surface area contributed by atoms with Gasteiger partial charge in [0.05, 0.1) is 10.5 Å². The lowest BCUT2D eigenvalue weighted by Crippen LogP contribution is -2.17. The second-order valence-electron chi connectivity index (χ2n) is 7.60. The number of rotatable bonds is 5. The second-order valence-corrected chi connectivity index (χ2v) is 10.5. The van der Waals surface area contributed by atoms with E-state index in [0.29, 0.717) is 5.13 Å². The van der Waals surface area contributed by atoms with Crippen LogP contribution >= 0.6 is 11.3 Å². The van der Waals surface area contributed by atoms with Gasteiger partial charge in [0.25, 0.3) is 5.91 Å². The van der Waals surface area contributed by atoms with E-state index >= 15 is 0 Å². The lowest BCUT2D eigenvalue weighted by molar-refractivity contribution is -0.139. The average Bonchev–Trinajstić information content (AvgIpc) is 3.05. The van der Waals surface area contributed by atoms with Gasteiger partial charge >= 0.3 is 6.18 Å². The number of allylic oxidation sites excluding steroid dienone is 1. The van der Waals surface area contributed by atoms with Crippen LogP contribution in [0, 0.1) is 5.92 Å². The molecule has 1 fully saturated rings. The first-order valence-electron chi connectivity index (χ1n) is 9.90. The number of aromatic nitrogens is 1. The van der Waals surface area contributed by atoms with Crippen molar-refractivity contribution < 1.29 is 26.4 Å². The van der Waals surface area contributed by atoms with E-state index in [4.69, 9.17) is 0 Å². The van der Waals surface area contributed by atoms with Crippen LogP contribution in [0.1, 0.15) is 49.7 Å². The van der Waals surface area contributed by atoms with E-state index in [1.54, 1.807) is 11.5 Å². The number of hydrogen-bond acceptors (Lipinski definition) is 5. The van der Waals surface area contributed by atoms with Crippen LogP contribution in [-0.4, -0.2) is 25.6 Å². The lowest BCUT2D eigenvalue weighted by Gasteiger charge is -2.17. The van der Waals surface area contributed by atoms with Gasteiger partial charge in [-0.05, 0) is 36.5 Å². The third kappa shape index (κ3) is 6.16. The summed E-state index contributed by atoms with van der Waals surface area (Å²) in [4.78, 5) is 16.2. The fourth-order valence-electron chi connectivity index (χ4n) is 3.71. The minimum Gasteiger partial charge on any atom is -0.298 e. The minimum atomic E-state index is -4.88. The fraction of sp³-hybridized carbons (Fsp3) is 0.429. The largest absolute Gasteiger partial charge is 0.417 e. The number of carbonyl (C=O) groups excluding carboxylic acids is 1. The molecular formula is C21H23F3N2O3S2. The summed E-state index contributed by atoms with van der Waals surface area (Å²) >= 11 is 1.20. The minimum absolute atomic E-state index is 0.0260. The first-order chi connectivity index (χ1) is 14.6. The van der Waals surface area contributed by atoms with Gasteiger partial charge in [0, 0.05) is 23.4 Å². The first kappa shape index (κ1) is 23.5. The standard InChI is InChI=1S/C21H23F3N2O3S2/c1-31(28,29)18-9-8-15(13-17(18)21(22,23)24)16(12-14-6-4-2-3-5-7-14)19(27)26-20-25-10-11-30-20/h8-14H,2-7H2,1H3,(H,25,26,27). The predicted molar refractivity (Wildman–Crippen MR) is 114 cm³/mol. The molecule has 1 aromatic heterocycles. The monoisotopic (exact) mass is 472 g/mol. The van der Waals surface area contributed by atoms with E-state index in [2.05, 4.69) is 10.3 Å². The first-order valence-corrected chi connectivity index (χ1v) is 12.7. The Morgan fingerprint density at radius 2 is 1.87 bits per heavy atom. The van der Waals surface area contributed by atoms with Crippen LogP contribution < -0.4 is 5.32 Å². The van der Waals surface area contributed by atoms with Crippen molar-refractivity contribution >= 4 is 37.8 Å². The number of benzene rings is 1. The zero-order valence-corrected chi connectivity index (χ0v) is 18.5. The number of thiazole rings is 1. The molecule has 10 heteroatoms. The summed E-state index contributed by atoms with van der Waals surface area (Å²) in [6, 6.07) is 2.93. The molecule has 0 unspecified atom stereocenters. The van der Waals surface area contributed by atoms with Crippen molar-refractivity contribution in [3.63, 3.8) is 0 Å². The number of hydrogen-bond donors (Lipinski definition) is 1. The Morgan fingerprint density at radius 3 is 2.42 bits per heavy atom. The highest BCUT2D eigenvalue weighted by molar-refractivity contribution is 7.90. The van der Waals surface area contributed by atoms with Crippen LogP contribution in [0.5, 0.6) is 0 Å². The summed E-state index contributed by atoms with van der Waals surface area (Å²) in [7, 11) is -4.10.